The van der Waals surface area contributed by atoms with Crippen molar-refractivity contribution < 1.29 is 24.0 Å². The minimum Gasteiger partial charge on any atom is -0.481 e. The van der Waals surface area contributed by atoms with E-state index in [0.29, 0.717) is 37.7 Å². The Labute approximate surface area is 247 Å². The maximum Gasteiger partial charge on any atom is 0.417 e. The van der Waals surface area contributed by atoms with E-state index in [2.05, 4.69) is 10.1 Å². The van der Waals surface area contributed by atoms with Crippen molar-refractivity contribution >= 4 is 18.0 Å². The van der Waals surface area contributed by atoms with Crippen LogP contribution < -0.4 is 4.90 Å². The number of carbonyl (C=O) groups is 2. The van der Waals surface area contributed by atoms with E-state index in [0.717, 1.165) is 88.0 Å². The van der Waals surface area contributed by atoms with Crippen LogP contribution in [0.25, 0.3) is 0 Å². The van der Waals surface area contributed by atoms with Gasteiger partial charge in [0.1, 0.15) is 5.60 Å². The van der Waals surface area contributed by atoms with Gasteiger partial charge in [0.05, 0.1) is 11.1 Å². The summed E-state index contributed by atoms with van der Waals surface area (Å²) in [6.45, 7) is 6.15. The number of carboxylic acids is 1. The molecule has 10 heteroatoms. The summed E-state index contributed by atoms with van der Waals surface area (Å²) >= 11 is 0. The van der Waals surface area contributed by atoms with Gasteiger partial charge in [0, 0.05) is 29.5 Å². The molecule has 9 rings (SSSR count). The molecule has 1 amide bonds. The highest BCUT2D eigenvalue weighted by atomic mass is 16.6. The monoisotopic (exact) mass is 577 g/mol. The van der Waals surface area contributed by atoms with Crippen molar-refractivity contribution in [3.63, 3.8) is 0 Å². The van der Waals surface area contributed by atoms with Crippen molar-refractivity contribution in [2.45, 2.75) is 133 Å². The van der Waals surface area contributed by atoms with Gasteiger partial charge in [-0.1, -0.05) is 5.16 Å². The third-order valence-corrected chi connectivity index (χ3v) is 11.5. The van der Waals surface area contributed by atoms with Crippen LogP contribution in [0.15, 0.2) is 16.8 Å². The minimum absolute atomic E-state index is 0.0492. The van der Waals surface area contributed by atoms with Gasteiger partial charge in [-0.2, -0.15) is 4.98 Å². The van der Waals surface area contributed by atoms with Crippen molar-refractivity contribution in [3.05, 3.63) is 29.7 Å². The molecule has 0 aliphatic heterocycles. The van der Waals surface area contributed by atoms with Gasteiger partial charge in [-0.3, -0.25) is 4.79 Å². The molecule has 10 nitrogen and oxygen atoms in total. The van der Waals surface area contributed by atoms with Crippen LogP contribution in [0.2, 0.25) is 0 Å². The van der Waals surface area contributed by atoms with Crippen LogP contribution in [0.3, 0.4) is 0 Å². The van der Waals surface area contributed by atoms with Crippen LogP contribution in [0.4, 0.5) is 10.7 Å². The largest absolute Gasteiger partial charge is 0.481 e. The normalized spacial score (nSPS) is 33.9. The van der Waals surface area contributed by atoms with Gasteiger partial charge >= 0.3 is 12.1 Å². The number of aromatic nitrogens is 4. The summed E-state index contributed by atoms with van der Waals surface area (Å²) in [5, 5.41) is 14.2. The van der Waals surface area contributed by atoms with Gasteiger partial charge in [-0.05, 0) is 122 Å². The summed E-state index contributed by atoms with van der Waals surface area (Å²) in [6, 6.07) is 1.96. The van der Waals surface area contributed by atoms with Crippen molar-refractivity contribution in [1.29, 1.82) is 0 Å². The molecule has 0 aromatic carbocycles. The zero-order valence-electron chi connectivity index (χ0n) is 25.2. The smallest absolute Gasteiger partial charge is 0.417 e. The number of ether oxygens (including phenoxy) is 1. The Kier molecular flexibility index (Phi) is 6.27. The molecule has 7 saturated carbocycles. The van der Waals surface area contributed by atoms with Crippen molar-refractivity contribution in [1.82, 2.24) is 20.1 Å². The van der Waals surface area contributed by atoms with Crippen LogP contribution in [0, 0.1) is 10.8 Å². The summed E-state index contributed by atoms with van der Waals surface area (Å²) in [5.74, 6) is 1.88. The number of nitrogens with zero attached hydrogens (tertiary/aromatic N) is 5. The Morgan fingerprint density at radius 3 is 2.14 bits per heavy atom. The first-order valence-electron chi connectivity index (χ1n) is 15.9. The number of fused-ring (bicyclic) bond motifs is 6. The molecular formula is C32H43N5O5. The SMILES string of the molecule is CC(C)(C)OC(=O)N(CC12CCC(c3nc(C4CC4)no3)(CC1)CC2)c1nccc(C23CCC(C(=O)O)(CC2)CC3)n1. The maximum absolute atomic E-state index is 13.7. The molecule has 42 heavy (non-hydrogen) atoms. The average molecular weight is 578 g/mol. The van der Waals surface area contributed by atoms with E-state index in [4.69, 9.17) is 19.2 Å². The van der Waals surface area contributed by atoms with Crippen molar-refractivity contribution in [2.75, 3.05) is 11.4 Å². The number of carboxylic acid groups (broad SMARTS) is 1. The molecular weight excluding hydrogens is 534 g/mol. The number of hydrogen-bond donors (Lipinski definition) is 1. The third-order valence-electron chi connectivity index (χ3n) is 11.5. The lowest BCUT2D eigenvalue weighted by Gasteiger charge is -2.53. The van der Waals surface area contributed by atoms with Gasteiger partial charge in [-0.25, -0.2) is 19.7 Å². The topological polar surface area (TPSA) is 132 Å². The molecule has 226 valence electrons. The Hall–Kier alpha value is -3.04. The van der Waals surface area contributed by atoms with E-state index in [1.807, 2.05) is 26.8 Å². The lowest BCUT2D eigenvalue weighted by molar-refractivity contribution is -0.156. The van der Waals surface area contributed by atoms with Gasteiger partial charge in [0.2, 0.25) is 11.8 Å². The van der Waals surface area contributed by atoms with Crippen molar-refractivity contribution in [3.8, 4) is 0 Å². The summed E-state index contributed by atoms with van der Waals surface area (Å²) in [6.07, 6.45) is 13.9. The first-order valence-corrected chi connectivity index (χ1v) is 15.9. The second-order valence-electron chi connectivity index (χ2n) is 15.2. The fourth-order valence-corrected chi connectivity index (χ4v) is 8.31. The predicted molar refractivity (Wildman–Crippen MR) is 153 cm³/mol. The molecule has 0 atom stereocenters. The van der Waals surface area contributed by atoms with E-state index >= 15 is 0 Å². The molecule has 0 saturated heterocycles. The average Bonchev–Trinajstić information content (AvgIpc) is 3.72. The number of carbonyl (C=O) groups excluding carboxylic acids is 1. The van der Waals surface area contributed by atoms with Crippen molar-refractivity contribution in [2.24, 2.45) is 10.8 Å². The van der Waals surface area contributed by atoms with Gasteiger partial charge in [0.15, 0.2) is 5.82 Å². The lowest BCUT2D eigenvalue weighted by Crippen LogP contribution is -2.52. The fraction of sp³-hybridized carbons (Fsp3) is 0.750. The first-order chi connectivity index (χ1) is 19.9. The number of hydrogen-bond acceptors (Lipinski definition) is 8. The molecule has 1 N–H and O–H groups in total. The number of rotatable bonds is 7. The van der Waals surface area contributed by atoms with Crippen LogP contribution in [-0.2, 0) is 20.4 Å². The summed E-state index contributed by atoms with van der Waals surface area (Å²) in [5.41, 5.74) is -0.579. The van der Waals surface area contributed by atoms with Crippen LogP contribution in [-0.4, -0.2) is 49.4 Å². The molecule has 4 bridgehead atoms. The lowest BCUT2D eigenvalue weighted by atomic mass is 9.53. The zero-order chi connectivity index (χ0) is 29.4. The first kappa shape index (κ1) is 27.8. The molecule has 0 spiro atoms. The van der Waals surface area contributed by atoms with Crippen LogP contribution in [0.5, 0.6) is 0 Å². The quantitative estimate of drug-likeness (QED) is 0.394. The van der Waals surface area contributed by atoms with Crippen LogP contribution >= 0.6 is 0 Å². The number of aliphatic carboxylic acids is 1. The fourth-order valence-electron chi connectivity index (χ4n) is 8.31. The molecule has 7 fully saturated rings. The number of amides is 1. The number of anilines is 1. The zero-order valence-corrected chi connectivity index (χ0v) is 25.2. The standard InChI is InChI=1S/C32H43N5O5/c1-28(2,3)41-27(40)37(26-33-19-6-22(34-26)30-13-16-32(17-14-30,18-15-30)25(38)39)20-29-7-10-31(11-8-29,12-9-29)24-35-23(36-42-24)21-4-5-21/h6,19,21H,4-5,7-18,20H2,1-3H3,(H,38,39). The highest BCUT2D eigenvalue weighted by Gasteiger charge is 2.55. The van der Waals surface area contributed by atoms with Gasteiger partial charge < -0.3 is 14.4 Å². The van der Waals surface area contributed by atoms with Gasteiger partial charge in [-0.15, -0.1) is 0 Å². The van der Waals surface area contributed by atoms with E-state index in [1.54, 1.807) is 11.1 Å². The molecule has 7 aliphatic rings. The van der Waals surface area contributed by atoms with Crippen LogP contribution in [0.1, 0.15) is 134 Å². The molecule has 2 aromatic rings. The Balaban J connectivity index is 1.13. The molecule has 2 heterocycles. The van der Waals surface area contributed by atoms with E-state index < -0.39 is 23.1 Å². The summed E-state index contributed by atoms with van der Waals surface area (Å²) < 4.78 is 11.7. The van der Waals surface area contributed by atoms with E-state index in [1.165, 1.54) is 0 Å². The highest BCUT2D eigenvalue weighted by Crippen LogP contribution is 2.59. The second kappa shape index (κ2) is 9.48. The summed E-state index contributed by atoms with van der Waals surface area (Å²) in [4.78, 5) is 41.9. The second-order valence-corrected chi connectivity index (χ2v) is 15.2. The Morgan fingerprint density at radius 1 is 0.952 bits per heavy atom. The summed E-state index contributed by atoms with van der Waals surface area (Å²) in [7, 11) is 0. The van der Waals surface area contributed by atoms with E-state index in [9.17, 15) is 14.7 Å². The molecule has 2 aromatic heterocycles. The molecule has 0 unspecified atom stereocenters. The third kappa shape index (κ3) is 4.69. The van der Waals surface area contributed by atoms with Gasteiger partial charge in [0.25, 0.3) is 0 Å². The highest BCUT2D eigenvalue weighted by molar-refractivity contribution is 5.85. The molecule has 7 aliphatic carbocycles. The van der Waals surface area contributed by atoms with E-state index in [-0.39, 0.29) is 16.2 Å². The minimum atomic E-state index is -0.666. The molecule has 0 radical (unpaired) electrons. The Morgan fingerprint density at radius 2 is 1.57 bits per heavy atom. The predicted octanol–water partition coefficient (Wildman–Crippen LogP) is 6.45. The maximum atomic E-state index is 13.7. The Bertz CT molecular complexity index is 1340.